The molecule has 4 rings (SSSR count). The quantitative estimate of drug-likeness (QED) is 0.535. The van der Waals surface area contributed by atoms with E-state index >= 15 is 0 Å². The Bertz CT molecular complexity index is 885. The summed E-state index contributed by atoms with van der Waals surface area (Å²) < 4.78 is 0. The number of anilines is 2. The molecule has 25 heavy (non-hydrogen) atoms. The fraction of sp³-hybridized carbons (Fsp3) is 0. The van der Waals surface area contributed by atoms with Crippen molar-refractivity contribution in [2.45, 2.75) is 0 Å². The minimum atomic E-state index is 0.819. The van der Waals surface area contributed by atoms with E-state index < -0.39 is 0 Å². The van der Waals surface area contributed by atoms with Crippen LogP contribution in [0.2, 0.25) is 0 Å². The SMILES string of the molecule is c1ccc(-c2cccc(Nc3cccc(-c4ccccn4)c3)n2)cc1. The fourth-order valence-electron chi connectivity index (χ4n) is 2.71. The maximum atomic E-state index is 4.71. The summed E-state index contributed by atoms with van der Waals surface area (Å²) >= 11 is 0. The summed E-state index contributed by atoms with van der Waals surface area (Å²) in [7, 11) is 0. The highest BCUT2D eigenvalue weighted by Gasteiger charge is 2.03. The summed E-state index contributed by atoms with van der Waals surface area (Å²) in [5.41, 5.74) is 5.07. The Morgan fingerprint density at radius 2 is 1.36 bits per heavy atom. The fourth-order valence-corrected chi connectivity index (χ4v) is 2.71. The number of benzene rings is 2. The largest absolute Gasteiger partial charge is 0.340 e. The van der Waals surface area contributed by atoms with Gasteiger partial charge in [0, 0.05) is 23.0 Å². The molecule has 3 heteroatoms. The monoisotopic (exact) mass is 323 g/mol. The van der Waals surface area contributed by atoms with Crippen molar-refractivity contribution in [2.24, 2.45) is 0 Å². The van der Waals surface area contributed by atoms with Gasteiger partial charge in [0.15, 0.2) is 0 Å². The van der Waals surface area contributed by atoms with Crippen molar-refractivity contribution in [3.05, 3.63) is 97.2 Å². The van der Waals surface area contributed by atoms with E-state index in [-0.39, 0.29) is 0 Å². The standard InChI is InChI=1S/C22H17N3/c1-2-8-17(9-3-1)21-13-7-14-22(25-21)24-19-11-6-10-18(16-19)20-12-4-5-15-23-20/h1-16H,(H,24,25). The molecule has 0 aliphatic carbocycles. The molecule has 0 unspecified atom stereocenters. The van der Waals surface area contributed by atoms with Gasteiger partial charge in [-0.2, -0.15) is 0 Å². The van der Waals surface area contributed by atoms with E-state index in [1.165, 1.54) is 0 Å². The highest BCUT2D eigenvalue weighted by atomic mass is 15.0. The third-order valence-electron chi connectivity index (χ3n) is 3.91. The van der Waals surface area contributed by atoms with E-state index in [2.05, 4.69) is 34.6 Å². The van der Waals surface area contributed by atoms with Crippen molar-refractivity contribution in [2.75, 3.05) is 5.32 Å². The van der Waals surface area contributed by atoms with Gasteiger partial charge in [0.1, 0.15) is 5.82 Å². The molecule has 2 heterocycles. The molecule has 0 spiro atoms. The normalized spacial score (nSPS) is 10.4. The van der Waals surface area contributed by atoms with E-state index in [0.717, 1.165) is 34.0 Å². The van der Waals surface area contributed by atoms with Crippen molar-refractivity contribution in [1.29, 1.82) is 0 Å². The summed E-state index contributed by atoms with van der Waals surface area (Å²) in [5.74, 6) is 0.819. The van der Waals surface area contributed by atoms with E-state index in [1.54, 1.807) is 6.20 Å². The van der Waals surface area contributed by atoms with E-state index in [0.29, 0.717) is 0 Å². The summed E-state index contributed by atoms with van der Waals surface area (Å²) in [4.78, 5) is 9.12. The van der Waals surface area contributed by atoms with Gasteiger partial charge in [0.25, 0.3) is 0 Å². The second-order valence-corrected chi connectivity index (χ2v) is 5.69. The molecule has 0 atom stereocenters. The first-order valence-corrected chi connectivity index (χ1v) is 8.19. The molecule has 2 aromatic carbocycles. The Morgan fingerprint density at radius 3 is 2.20 bits per heavy atom. The van der Waals surface area contributed by atoms with Crippen molar-refractivity contribution >= 4 is 11.5 Å². The lowest BCUT2D eigenvalue weighted by atomic mass is 10.1. The molecular formula is C22H17N3. The first-order chi connectivity index (χ1) is 12.4. The van der Waals surface area contributed by atoms with E-state index in [4.69, 9.17) is 4.98 Å². The molecule has 2 aromatic heterocycles. The van der Waals surface area contributed by atoms with Crippen molar-refractivity contribution in [3.63, 3.8) is 0 Å². The van der Waals surface area contributed by atoms with Gasteiger partial charge in [-0.25, -0.2) is 4.98 Å². The predicted octanol–water partition coefficient (Wildman–Crippen LogP) is 5.55. The number of nitrogens with one attached hydrogen (secondary N) is 1. The zero-order valence-electron chi connectivity index (χ0n) is 13.6. The van der Waals surface area contributed by atoms with Crippen LogP contribution in [0.25, 0.3) is 22.5 Å². The molecule has 0 saturated carbocycles. The maximum Gasteiger partial charge on any atom is 0.131 e. The molecule has 0 aliphatic rings. The molecule has 0 fully saturated rings. The first-order valence-electron chi connectivity index (χ1n) is 8.19. The van der Waals surface area contributed by atoms with Crippen LogP contribution >= 0.6 is 0 Å². The van der Waals surface area contributed by atoms with Gasteiger partial charge in [-0.05, 0) is 36.4 Å². The molecule has 0 aliphatic heterocycles. The second-order valence-electron chi connectivity index (χ2n) is 5.69. The summed E-state index contributed by atoms with van der Waals surface area (Å²) in [6.07, 6.45) is 1.81. The van der Waals surface area contributed by atoms with Crippen LogP contribution in [0.5, 0.6) is 0 Å². The highest BCUT2D eigenvalue weighted by Crippen LogP contribution is 2.24. The van der Waals surface area contributed by atoms with Crippen LogP contribution in [-0.4, -0.2) is 9.97 Å². The molecule has 0 bridgehead atoms. The van der Waals surface area contributed by atoms with Crippen LogP contribution in [0.3, 0.4) is 0 Å². The van der Waals surface area contributed by atoms with E-state index in [9.17, 15) is 0 Å². The summed E-state index contributed by atoms with van der Waals surface area (Å²) in [6, 6.07) is 30.3. The lowest BCUT2D eigenvalue weighted by Gasteiger charge is -2.09. The highest BCUT2D eigenvalue weighted by molar-refractivity contribution is 5.69. The van der Waals surface area contributed by atoms with Gasteiger partial charge in [0.2, 0.25) is 0 Å². The minimum Gasteiger partial charge on any atom is -0.340 e. The van der Waals surface area contributed by atoms with Gasteiger partial charge in [-0.15, -0.1) is 0 Å². The number of aromatic nitrogens is 2. The van der Waals surface area contributed by atoms with Gasteiger partial charge in [0.05, 0.1) is 11.4 Å². The Labute approximate surface area is 147 Å². The smallest absolute Gasteiger partial charge is 0.131 e. The summed E-state index contributed by atoms with van der Waals surface area (Å²) in [6.45, 7) is 0. The summed E-state index contributed by atoms with van der Waals surface area (Å²) in [5, 5.41) is 3.39. The van der Waals surface area contributed by atoms with Gasteiger partial charge >= 0.3 is 0 Å². The molecule has 0 saturated heterocycles. The Morgan fingerprint density at radius 1 is 0.600 bits per heavy atom. The lowest BCUT2D eigenvalue weighted by Crippen LogP contribution is -1.95. The molecule has 0 amide bonds. The Balaban J connectivity index is 1.61. The number of nitrogens with zero attached hydrogens (tertiary/aromatic N) is 2. The molecule has 3 nitrogen and oxygen atoms in total. The maximum absolute atomic E-state index is 4.71. The zero-order chi connectivity index (χ0) is 16.9. The predicted molar refractivity (Wildman–Crippen MR) is 103 cm³/mol. The average molecular weight is 323 g/mol. The molecule has 4 aromatic rings. The Hall–Kier alpha value is -3.46. The second kappa shape index (κ2) is 6.97. The number of pyridine rings is 2. The van der Waals surface area contributed by atoms with Crippen LogP contribution < -0.4 is 5.32 Å². The number of hydrogen-bond acceptors (Lipinski definition) is 3. The van der Waals surface area contributed by atoms with E-state index in [1.807, 2.05) is 66.7 Å². The molecule has 0 radical (unpaired) electrons. The van der Waals surface area contributed by atoms with Crippen molar-refractivity contribution < 1.29 is 0 Å². The van der Waals surface area contributed by atoms with Crippen LogP contribution in [0.15, 0.2) is 97.2 Å². The van der Waals surface area contributed by atoms with Gasteiger partial charge < -0.3 is 5.32 Å². The van der Waals surface area contributed by atoms with Crippen molar-refractivity contribution in [1.82, 2.24) is 9.97 Å². The minimum absolute atomic E-state index is 0.819. The van der Waals surface area contributed by atoms with Crippen molar-refractivity contribution in [3.8, 4) is 22.5 Å². The lowest BCUT2D eigenvalue weighted by molar-refractivity contribution is 1.30. The average Bonchev–Trinajstić information content (AvgIpc) is 2.70. The Kier molecular flexibility index (Phi) is 4.21. The third kappa shape index (κ3) is 3.56. The van der Waals surface area contributed by atoms with Crippen LogP contribution in [0, 0.1) is 0 Å². The van der Waals surface area contributed by atoms with Gasteiger partial charge in [-0.3, -0.25) is 4.98 Å². The first kappa shape index (κ1) is 15.1. The van der Waals surface area contributed by atoms with Crippen LogP contribution in [-0.2, 0) is 0 Å². The zero-order valence-corrected chi connectivity index (χ0v) is 13.6. The third-order valence-corrected chi connectivity index (χ3v) is 3.91. The van der Waals surface area contributed by atoms with Crippen LogP contribution in [0.4, 0.5) is 11.5 Å². The topological polar surface area (TPSA) is 37.8 Å². The molecular weight excluding hydrogens is 306 g/mol. The molecule has 120 valence electrons. The number of hydrogen-bond donors (Lipinski definition) is 1. The van der Waals surface area contributed by atoms with Gasteiger partial charge in [-0.1, -0.05) is 54.6 Å². The van der Waals surface area contributed by atoms with Crippen LogP contribution in [0.1, 0.15) is 0 Å². The number of rotatable bonds is 4. The molecule has 1 N–H and O–H groups in total.